The zero-order chi connectivity index (χ0) is 11.7. The van der Waals surface area contributed by atoms with Gasteiger partial charge in [0, 0.05) is 33.0 Å². The van der Waals surface area contributed by atoms with E-state index in [9.17, 15) is 4.79 Å². The topological polar surface area (TPSA) is 88.2 Å². The average molecular weight is 217 g/mol. The van der Waals surface area contributed by atoms with Gasteiger partial charge in [-0.3, -0.25) is 4.79 Å². The van der Waals surface area contributed by atoms with Crippen molar-refractivity contribution in [2.45, 2.75) is 19.8 Å². The lowest BCUT2D eigenvalue weighted by Crippen LogP contribution is -2.36. The third-order valence-corrected chi connectivity index (χ3v) is 1.99. The van der Waals surface area contributed by atoms with Crippen molar-refractivity contribution in [2.24, 2.45) is 10.9 Å². The molecule has 6 heteroatoms. The van der Waals surface area contributed by atoms with Crippen molar-refractivity contribution in [3.8, 4) is 0 Å². The number of nitrogens with two attached hydrogens (primary N) is 1. The molecule has 0 atom stereocenters. The van der Waals surface area contributed by atoms with Crippen LogP contribution in [0.1, 0.15) is 19.8 Å². The predicted molar refractivity (Wildman–Crippen MR) is 56.8 cm³/mol. The van der Waals surface area contributed by atoms with Crippen LogP contribution in [0.2, 0.25) is 0 Å². The predicted octanol–water partition coefficient (Wildman–Crippen LogP) is 0.00790. The summed E-state index contributed by atoms with van der Waals surface area (Å²) in [7, 11) is 1.58. The monoisotopic (exact) mass is 217 g/mol. The Hall–Kier alpha value is -1.30. The molecule has 0 saturated heterocycles. The minimum Gasteiger partial charge on any atom is -0.409 e. The molecule has 88 valence electrons. The molecule has 0 unspecified atom stereocenters. The molecule has 0 spiro atoms. The summed E-state index contributed by atoms with van der Waals surface area (Å²) in [5, 5.41) is 11.2. The fourth-order valence-electron chi connectivity index (χ4n) is 1.09. The number of carbonyl (C=O) groups is 1. The highest BCUT2D eigenvalue weighted by atomic mass is 16.5. The van der Waals surface area contributed by atoms with E-state index in [0.29, 0.717) is 32.5 Å². The number of hydrogen-bond acceptors (Lipinski definition) is 4. The summed E-state index contributed by atoms with van der Waals surface area (Å²) >= 11 is 0. The fraction of sp³-hybridized carbons (Fsp3) is 0.778. The van der Waals surface area contributed by atoms with E-state index in [1.807, 2.05) is 0 Å². The average Bonchev–Trinajstić information content (AvgIpc) is 2.27. The van der Waals surface area contributed by atoms with Crippen LogP contribution in [0, 0.1) is 0 Å². The molecule has 0 aromatic rings. The van der Waals surface area contributed by atoms with E-state index < -0.39 is 0 Å². The standard InChI is InChI=1S/C9H19N3O3/c1-3-9(13)12(6-7-15-2)5-4-8(10)11-14/h14H,3-7H2,1-2H3,(H2,10,11). The van der Waals surface area contributed by atoms with Crippen molar-refractivity contribution in [1.29, 1.82) is 0 Å². The van der Waals surface area contributed by atoms with Gasteiger partial charge in [0.1, 0.15) is 5.84 Å². The molecule has 0 radical (unpaired) electrons. The Kier molecular flexibility index (Phi) is 7.35. The second kappa shape index (κ2) is 8.05. The van der Waals surface area contributed by atoms with Gasteiger partial charge in [0.2, 0.25) is 5.91 Å². The van der Waals surface area contributed by atoms with E-state index in [1.54, 1.807) is 18.9 Å². The molecule has 0 aliphatic heterocycles. The minimum atomic E-state index is 0.0396. The van der Waals surface area contributed by atoms with Crippen LogP contribution in [0.25, 0.3) is 0 Å². The summed E-state index contributed by atoms with van der Waals surface area (Å²) < 4.78 is 4.90. The van der Waals surface area contributed by atoms with E-state index in [2.05, 4.69) is 5.16 Å². The van der Waals surface area contributed by atoms with Crippen LogP contribution < -0.4 is 5.73 Å². The van der Waals surface area contributed by atoms with Gasteiger partial charge in [-0.1, -0.05) is 12.1 Å². The highest BCUT2D eigenvalue weighted by Gasteiger charge is 2.11. The third-order valence-electron chi connectivity index (χ3n) is 1.99. The maximum atomic E-state index is 11.4. The number of ether oxygens (including phenoxy) is 1. The lowest BCUT2D eigenvalue weighted by molar-refractivity contribution is -0.131. The van der Waals surface area contributed by atoms with E-state index in [1.165, 1.54) is 0 Å². The lowest BCUT2D eigenvalue weighted by Gasteiger charge is -2.21. The highest BCUT2D eigenvalue weighted by molar-refractivity contribution is 5.81. The number of oxime groups is 1. The van der Waals surface area contributed by atoms with Crippen molar-refractivity contribution in [3.63, 3.8) is 0 Å². The minimum absolute atomic E-state index is 0.0396. The first-order valence-electron chi connectivity index (χ1n) is 4.88. The molecule has 0 aliphatic carbocycles. The first kappa shape index (κ1) is 13.7. The Balaban J connectivity index is 4.06. The van der Waals surface area contributed by atoms with Crippen LogP contribution in [0.4, 0.5) is 0 Å². The van der Waals surface area contributed by atoms with Crippen LogP contribution in [0.5, 0.6) is 0 Å². The Morgan fingerprint density at radius 1 is 1.53 bits per heavy atom. The van der Waals surface area contributed by atoms with Gasteiger partial charge in [0.25, 0.3) is 0 Å². The maximum absolute atomic E-state index is 11.4. The Labute approximate surface area is 89.7 Å². The summed E-state index contributed by atoms with van der Waals surface area (Å²) in [5.41, 5.74) is 5.32. The molecule has 0 aliphatic rings. The molecule has 0 heterocycles. The molecule has 1 amide bonds. The van der Waals surface area contributed by atoms with E-state index in [0.717, 1.165) is 0 Å². The van der Waals surface area contributed by atoms with Crippen LogP contribution in [0.3, 0.4) is 0 Å². The summed E-state index contributed by atoms with van der Waals surface area (Å²) in [6.45, 7) is 3.27. The zero-order valence-corrected chi connectivity index (χ0v) is 9.27. The quantitative estimate of drug-likeness (QED) is 0.272. The summed E-state index contributed by atoms with van der Waals surface area (Å²) in [6.07, 6.45) is 0.811. The third kappa shape index (κ3) is 5.90. The van der Waals surface area contributed by atoms with Crippen molar-refractivity contribution < 1.29 is 14.7 Å². The van der Waals surface area contributed by atoms with Crippen molar-refractivity contribution >= 4 is 11.7 Å². The van der Waals surface area contributed by atoms with Gasteiger partial charge in [0.15, 0.2) is 0 Å². The van der Waals surface area contributed by atoms with E-state index in [-0.39, 0.29) is 11.7 Å². The molecule has 0 rings (SSSR count). The molecule has 3 N–H and O–H groups in total. The van der Waals surface area contributed by atoms with Gasteiger partial charge in [-0.15, -0.1) is 0 Å². The molecule has 0 fully saturated rings. The Morgan fingerprint density at radius 2 is 2.20 bits per heavy atom. The smallest absolute Gasteiger partial charge is 0.222 e. The largest absolute Gasteiger partial charge is 0.409 e. The van der Waals surface area contributed by atoms with Gasteiger partial charge in [-0.05, 0) is 0 Å². The van der Waals surface area contributed by atoms with Gasteiger partial charge in [-0.25, -0.2) is 0 Å². The summed E-state index contributed by atoms with van der Waals surface area (Å²) in [6, 6.07) is 0. The number of rotatable bonds is 7. The first-order chi connectivity index (χ1) is 7.15. The normalized spacial score (nSPS) is 11.5. The summed E-state index contributed by atoms with van der Waals surface area (Å²) in [4.78, 5) is 13.1. The van der Waals surface area contributed by atoms with Gasteiger partial charge < -0.3 is 20.6 Å². The van der Waals surface area contributed by atoms with Gasteiger partial charge in [0.05, 0.1) is 6.61 Å². The van der Waals surface area contributed by atoms with Gasteiger partial charge in [-0.2, -0.15) is 0 Å². The Bertz CT molecular complexity index is 219. The van der Waals surface area contributed by atoms with Crippen molar-refractivity contribution in [1.82, 2.24) is 4.90 Å². The second-order valence-electron chi connectivity index (χ2n) is 3.07. The van der Waals surface area contributed by atoms with Crippen LogP contribution in [0.15, 0.2) is 5.16 Å². The van der Waals surface area contributed by atoms with Crippen molar-refractivity contribution in [2.75, 3.05) is 26.8 Å². The fourth-order valence-corrected chi connectivity index (χ4v) is 1.09. The molecular weight excluding hydrogens is 198 g/mol. The van der Waals surface area contributed by atoms with Crippen LogP contribution >= 0.6 is 0 Å². The Morgan fingerprint density at radius 3 is 2.67 bits per heavy atom. The maximum Gasteiger partial charge on any atom is 0.222 e. The number of carbonyl (C=O) groups excluding carboxylic acids is 1. The molecule has 0 bridgehead atoms. The zero-order valence-electron chi connectivity index (χ0n) is 9.27. The van der Waals surface area contributed by atoms with Crippen LogP contribution in [-0.4, -0.2) is 48.7 Å². The van der Waals surface area contributed by atoms with Gasteiger partial charge >= 0.3 is 0 Å². The molecule has 0 aromatic heterocycles. The second-order valence-corrected chi connectivity index (χ2v) is 3.07. The molecule has 0 aromatic carbocycles. The molecule has 6 nitrogen and oxygen atoms in total. The molecule has 15 heavy (non-hydrogen) atoms. The molecular formula is C9H19N3O3. The van der Waals surface area contributed by atoms with Crippen LogP contribution in [-0.2, 0) is 9.53 Å². The molecule has 0 saturated carbocycles. The number of hydrogen-bond donors (Lipinski definition) is 2. The number of nitrogens with zero attached hydrogens (tertiary/aromatic N) is 2. The lowest BCUT2D eigenvalue weighted by atomic mass is 10.3. The van der Waals surface area contributed by atoms with Crippen molar-refractivity contribution in [3.05, 3.63) is 0 Å². The number of amidine groups is 1. The van der Waals surface area contributed by atoms with E-state index >= 15 is 0 Å². The summed E-state index contributed by atoms with van der Waals surface area (Å²) in [5.74, 6) is 0.166. The number of methoxy groups -OCH3 is 1. The SMILES string of the molecule is CCC(=O)N(CCOC)CC/C(N)=N/O. The van der Waals surface area contributed by atoms with E-state index in [4.69, 9.17) is 15.7 Å². The highest BCUT2D eigenvalue weighted by Crippen LogP contribution is 1.96. The number of amides is 1. The first-order valence-corrected chi connectivity index (χ1v) is 4.88.